The Labute approximate surface area is 422 Å². The third-order valence-corrected chi connectivity index (χ3v) is 15.9. The second kappa shape index (κ2) is 17.1. The lowest BCUT2D eigenvalue weighted by Gasteiger charge is -2.35. The van der Waals surface area contributed by atoms with Crippen molar-refractivity contribution in [3.05, 3.63) is 283 Å². The third-order valence-electron chi connectivity index (χ3n) is 14.7. The third kappa shape index (κ3) is 6.75. The average Bonchev–Trinajstić information content (AvgIpc) is 3.99. The molecule has 0 spiro atoms. The van der Waals surface area contributed by atoms with E-state index >= 15 is 0 Å². The first-order chi connectivity index (χ1) is 35.7. The molecule has 14 rings (SSSR count). The van der Waals surface area contributed by atoms with Gasteiger partial charge in [0.1, 0.15) is 0 Å². The summed E-state index contributed by atoms with van der Waals surface area (Å²) < 4.78 is 2.36. The minimum Gasteiger partial charge on any atom is -0.208 e. The van der Waals surface area contributed by atoms with Crippen LogP contribution in [-0.2, 0) is 5.41 Å². The molecule has 3 nitrogen and oxygen atoms in total. The van der Waals surface area contributed by atoms with Crippen LogP contribution in [0.25, 0.3) is 110 Å². The standard InChI is InChI=1S/C68H43N3S/c1-3-19-46(20-4-1)52-24-9-10-25-53(52)50-40-41-63-59(43-50)56-29-17-30-58(64(56)72-63)67-70-65(47-37-34-45(35-38-47)49-39-36-44-18-7-8-21-48(44)42-49)69-66(71-67)57-28-13-16-33-62(57)68(51-22-5-2-6-23-51)60-31-14-11-26-54(60)55-27-12-15-32-61(55)68/h1-43H. The molecule has 336 valence electrons. The van der Waals surface area contributed by atoms with Gasteiger partial charge in [0.2, 0.25) is 0 Å². The number of thiophene rings is 1. The van der Waals surface area contributed by atoms with E-state index in [4.69, 9.17) is 15.0 Å². The van der Waals surface area contributed by atoms with Gasteiger partial charge in [-0.25, -0.2) is 15.0 Å². The molecule has 1 aliphatic rings. The van der Waals surface area contributed by atoms with Crippen LogP contribution in [0.3, 0.4) is 0 Å². The Bertz CT molecular complexity index is 4170. The molecule has 0 N–H and O–H groups in total. The topological polar surface area (TPSA) is 38.7 Å². The SMILES string of the molecule is c1ccc(-c2ccccc2-c2ccc3sc4c(-c5nc(-c6ccc(-c7ccc8ccccc8c7)cc6)nc(-c6ccccc6C6(c7ccccc7)c7ccccc7-c7ccccc76)n5)cccc4c3c2)cc1. The van der Waals surface area contributed by atoms with Crippen molar-refractivity contribution in [2.45, 2.75) is 5.41 Å². The van der Waals surface area contributed by atoms with Crippen molar-refractivity contribution in [2.24, 2.45) is 0 Å². The zero-order chi connectivity index (χ0) is 47.6. The zero-order valence-corrected chi connectivity index (χ0v) is 39.9. The van der Waals surface area contributed by atoms with Crippen molar-refractivity contribution in [3.63, 3.8) is 0 Å². The molecule has 2 aromatic heterocycles. The van der Waals surface area contributed by atoms with Gasteiger partial charge in [0.25, 0.3) is 0 Å². The van der Waals surface area contributed by atoms with E-state index in [0.29, 0.717) is 17.5 Å². The molecule has 0 radical (unpaired) electrons. The molecular weight excluding hydrogens is 891 g/mol. The van der Waals surface area contributed by atoms with Gasteiger partial charge in [0, 0.05) is 36.9 Å². The number of aromatic nitrogens is 3. The molecule has 0 amide bonds. The van der Waals surface area contributed by atoms with Crippen LogP contribution in [-0.4, -0.2) is 15.0 Å². The van der Waals surface area contributed by atoms with Crippen LogP contribution in [0.15, 0.2) is 261 Å². The predicted octanol–water partition coefficient (Wildman–Crippen LogP) is 17.8. The molecule has 11 aromatic carbocycles. The summed E-state index contributed by atoms with van der Waals surface area (Å²) in [4.78, 5) is 16.5. The van der Waals surface area contributed by atoms with Gasteiger partial charge in [0.05, 0.1) is 5.41 Å². The molecule has 0 atom stereocenters. The Kier molecular flexibility index (Phi) is 9.94. The van der Waals surface area contributed by atoms with E-state index < -0.39 is 5.41 Å². The van der Waals surface area contributed by atoms with E-state index in [1.54, 1.807) is 11.3 Å². The maximum atomic E-state index is 5.58. The van der Waals surface area contributed by atoms with Crippen LogP contribution >= 0.6 is 11.3 Å². The molecule has 0 fully saturated rings. The number of nitrogens with zero attached hydrogens (tertiary/aromatic N) is 3. The van der Waals surface area contributed by atoms with Crippen LogP contribution in [0.5, 0.6) is 0 Å². The molecule has 2 heterocycles. The summed E-state index contributed by atoms with van der Waals surface area (Å²) in [5.74, 6) is 1.88. The van der Waals surface area contributed by atoms with Crippen molar-refractivity contribution < 1.29 is 0 Å². The molecular formula is C68H43N3S. The Morgan fingerprint density at radius 1 is 0.278 bits per heavy atom. The summed E-state index contributed by atoms with van der Waals surface area (Å²) >= 11 is 1.80. The van der Waals surface area contributed by atoms with E-state index in [0.717, 1.165) is 38.1 Å². The summed E-state index contributed by atoms with van der Waals surface area (Å²) in [7, 11) is 0. The lowest BCUT2D eigenvalue weighted by molar-refractivity contribution is 0.769. The highest BCUT2D eigenvalue weighted by molar-refractivity contribution is 7.26. The molecule has 72 heavy (non-hydrogen) atoms. The largest absolute Gasteiger partial charge is 0.208 e. The van der Waals surface area contributed by atoms with Crippen LogP contribution < -0.4 is 0 Å². The number of hydrogen-bond acceptors (Lipinski definition) is 4. The highest BCUT2D eigenvalue weighted by atomic mass is 32.1. The van der Waals surface area contributed by atoms with Crippen LogP contribution in [0, 0.1) is 0 Å². The monoisotopic (exact) mass is 933 g/mol. The molecule has 4 heteroatoms. The van der Waals surface area contributed by atoms with E-state index in [-0.39, 0.29) is 0 Å². The van der Waals surface area contributed by atoms with Crippen LogP contribution in [0.2, 0.25) is 0 Å². The van der Waals surface area contributed by atoms with Crippen molar-refractivity contribution in [3.8, 4) is 78.7 Å². The maximum Gasteiger partial charge on any atom is 0.165 e. The van der Waals surface area contributed by atoms with Crippen LogP contribution in [0.1, 0.15) is 22.3 Å². The van der Waals surface area contributed by atoms with E-state index in [9.17, 15) is 0 Å². The molecule has 0 saturated heterocycles. The van der Waals surface area contributed by atoms with Crippen molar-refractivity contribution in [2.75, 3.05) is 0 Å². The smallest absolute Gasteiger partial charge is 0.165 e. The van der Waals surface area contributed by atoms with Gasteiger partial charge in [-0.3, -0.25) is 0 Å². The second-order valence-corrected chi connectivity index (χ2v) is 19.7. The fourth-order valence-corrected chi connectivity index (χ4v) is 12.6. The lowest BCUT2D eigenvalue weighted by Crippen LogP contribution is -2.29. The van der Waals surface area contributed by atoms with Crippen molar-refractivity contribution in [1.82, 2.24) is 15.0 Å². The van der Waals surface area contributed by atoms with E-state index in [1.807, 2.05) is 0 Å². The number of hydrogen-bond donors (Lipinski definition) is 0. The molecule has 1 aliphatic carbocycles. The minimum absolute atomic E-state index is 0.619. The predicted molar refractivity (Wildman–Crippen MR) is 300 cm³/mol. The summed E-state index contributed by atoms with van der Waals surface area (Å²) in [6, 6.07) is 94.2. The van der Waals surface area contributed by atoms with Gasteiger partial charge in [0.15, 0.2) is 17.5 Å². The van der Waals surface area contributed by atoms with Gasteiger partial charge in [-0.2, -0.15) is 0 Å². The van der Waals surface area contributed by atoms with Crippen molar-refractivity contribution in [1.29, 1.82) is 0 Å². The first-order valence-electron chi connectivity index (χ1n) is 24.5. The summed E-state index contributed by atoms with van der Waals surface area (Å²) in [5.41, 5.74) is 16.6. The van der Waals surface area contributed by atoms with Gasteiger partial charge < -0.3 is 0 Å². The Morgan fingerprint density at radius 2 is 0.778 bits per heavy atom. The minimum atomic E-state index is -0.651. The normalized spacial score (nSPS) is 12.6. The highest BCUT2D eigenvalue weighted by Gasteiger charge is 2.47. The first-order valence-corrected chi connectivity index (χ1v) is 25.3. The summed E-state index contributed by atoms with van der Waals surface area (Å²) in [6.07, 6.45) is 0. The van der Waals surface area contributed by atoms with Crippen molar-refractivity contribution >= 4 is 42.3 Å². The maximum absolute atomic E-state index is 5.58. The lowest BCUT2D eigenvalue weighted by atomic mass is 9.66. The highest BCUT2D eigenvalue weighted by Crippen LogP contribution is 2.57. The average molecular weight is 934 g/mol. The fraction of sp³-hybridized carbons (Fsp3) is 0.0147. The molecule has 0 saturated carbocycles. The first kappa shape index (κ1) is 41.8. The number of fused-ring (bicyclic) bond motifs is 7. The molecule has 0 aliphatic heterocycles. The number of benzene rings is 11. The molecule has 0 unspecified atom stereocenters. The Hall–Kier alpha value is -9.09. The Balaban J connectivity index is 0.975. The molecule has 0 bridgehead atoms. The number of rotatable bonds is 8. The fourth-order valence-electron chi connectivity index (χ4n) is 11.4. The van der Waals surface area contributed by atoms with Crippen LogP contribution in [0.4, 0.5) is 0 Å². The second-order valence-electron chi connectivity index (χ2n) is 18.6. The summed E-state index contributed by atoms with van der Waals surface area (Å²) in [5, 5.41) is 4.83. The summed E-state index contributed by atoms with van der Waals surface area (Å²) in [6.45, 7) is 0. The Morgan fingerprint density at radius 3 is 1.49 bits per heavy atom. The van der Waals surface area contributed by atoms with Gasteiger partial charge in [-0.1, -0.05) is 237 Å². The quantitative estimate of drug-likeness (QED) is 0.152. The van der Waals surface area contributed by atoms with E-state index in [1.165, 1.54) is 76.3 Å². The van der Waals surface area contributed by atoms with Gasteiger partial charge in [-0.15, -0.1) is 11.3 Å². The zero-order valence-electron chi connectivity index (χ0n) is 39.1. The van der Waals surface area contributed by atoms with Gasteiger partial charge >= 0.3 is 0 Å². The van der Waals surface area contributed by atoms with Gasteiger partial charge in [-0.05, 0) is 102 Å². The van der Waals surface area contributed by atoms with E-state index in [2.05, 4.69) is 261 Å². The molecule has 13 aromatic rings.